The third-order valence-corrected chi connectivity index (χ3v) is 4.68. The molecule has 0 spiro atoms. The molecule has 1 atom stereocenters. The number of esters is 1. The van der Waals surface area contributed by atoms with Gasteiger partial charge in [0.05, 0.1) is 22.1 Å². The number of aryl methyl sites for hydroxylation is 2. The molecule has 2 rings (SSSR count). The molecule has 0 saturated heterocycles. The average Bonchev–Trinajstić information content (AvgIpc) is 2.69. The summed E-state index contributed by atoms with van der Waals surface area (Å²) >= 11 is 5.94. The fourth-order valence-corrected chi connectivity index (χ4v) is 2.82. The number of nitro benzene ring substituents is 1. The number of hydrogen-bond donors (Lipinski definition) is 1. The van der Waals surface area contributed by atoms with Crippen LogP contribution in [0.4, 0.5) is 11.4 Å². The Kier molecular flexibility index (Phi) is 7.66. The van der Waals surface area contributed by atoms with E-state index in [9.17, 15) is 24.5 Å². The number of carbonyl (C=O) groups is 3. The molecule has 8 nitrogen and oxygen atoms in total. The van der Waals surface area contributed by atoms with E-state index < -0.39 is 22.9 Å². The summed E-state index contributed by atoms with van der Waals surface area (Å²) in [4.78, 5) is 46.9. The smallest absolute Gasteiger partial charge is 0.307 e. The van der Waals surface area contributed by atoms with Gasteiger partial charge in [-0.2, -0.15) is 0 Å². The van der Waals surface area contributed by atoms with Crippen LogP contribution in [0.1, 0.15) is 41.3 Å². The van der Waals surface area contributed by atoms with E-state index in [2.05, 4.69) is 5.32 Å². The van der Waals surface area contributed by atoms with Crippen LogP contribution in [0.3, 0.4) is 0 Å². The molecule has 30 heavy (non-hydrogen) atoms. The molecule has 0 aliphatic carbocycles. The second-order valence-corrected chi connectivity index (χ2v) is 7.19. The summed E-state index contributed by atoms with van der Waals surface area (Å²) in [5.41, 5.74) is 2.10. The van der Waals surface area contributed by atoms with Gasteiger partial charge < -0.3 is 10.1 Å². The second-order valence-electron chi connectivity index (χ2n) is 6.78. The minimum Gasteiger partial charge on any atom is -0.453 e. The summed E-state index contributed by atoms with van der Waals surface area (Å²) in [6.45, 7) is 5.04. The Labute approximate surface area is 178 Å². The van der Waals surface area contributed by atoms with Crippen molar-refractivity contribution in [2.45, 2.75) is 39.7 Å². The third kappa shape index (κ3) is 6.12. The highest BCUT2D eigenvalue weighted by molar-refractivity contribution is 6.33. The monoisotopic (exact) mass is 432 g/mol. The van der Waals surface area contributed by atoms with Crippen molar-refractivity contribution in [3.8, 4) is 0 Å². The van der Waals surface area contributed by atoms with E-state index in [1.807, 2.05) is 26.0 Å². The normalized spacial score (nSPS) is 11.5. The molecular formula is C21H21ClN2O6. The summed E-state index contributed by atoms with van der Waals surface area (Å²) < 4.78 is 5.06. The van der Waals surface area contributed by atoms with Gasteiger partial charge in [-0.15, -0.1) is 0 Å². The van der Waals surface area contributed by atoms with Gasteiger partial charge in [-0.3, -0.25) is 24.5 Å². The van der Waals surface area contributed by atoms with Crippen LogP contribution in [0, 0.1) is 24.0 Å². The van der Waals surface area contributed by atoms with Gasteiger partial charge in [0, 0.05) is 24.1 Å². The molecule has 2 aromatic rings. The maximum Gasteiger partial charge on any atom is 0.307 e. The van der Waals surface area contributed by atoms with Crippen LogP contribution < -0.4 is 5.32 Å². The van der Waals surface area contributed by atoms with E-state index in [0.717, 1.165) is 17.2 Å². The maximum atomic E-state index is 12.4. The minimum atomic E-state index is -1.18. The van der Waals surface area contributed by atoms with E-state index in [-0.39, 0.29) is 35.0 Å². The topological polar surface area (TPSA) is 116 Å². The van der Waals surface area contributed by atoms with Gasteiger partial charge in [-0.05, 0) is 38.5 Å². The predicted octanol–water partition coefficient (Wildman–Crippen LogP) is 4.40. The number of non-ortho nitro benzene ring substituents is 1. The van der Waals surface area contributed by atoms with Crippen molar-refractivity contribution >= 4 is 40.6 Å². The summed E-state index contributed by atoms with van der Waals surface area (Å²) in [5.74, 6) is -1.60. The van der Waals surface area contributed by atoms with Gasteiger partial charge >= 0.3 is 5.97 Å². The first-order valence-electron chi connectivity index (χ1n) is 9.13. The van der Waals surface area contributed by atoms with Crippen molar-refractivity contribution < 1.29 is 24.0 Å². The van der Waals surface area contributed by atoms with Crippen molar-refractivity contribution in [3.63, 3.8) is 0 Å². The molecule has 0 radical (unpaired) electrons. The summed E-state index contributed by atoms with van der Waals surface area (Å²) in [6, 6.07) is 9.10. The summed E-state index contributed by atoms with van der Waals surface area (Å²) in [5, 5.41) is 13.4. The number of hydrogen-bond acceptors (Lipinski definition) is 6. The van der Waals surface area contributed by atoms with Crippen LogP contribution in [-0.4, -0.2) is 28.7 Å². The van der Waals surface area contributed by atoms with Crippen LogP contribution in [0.2, 0.25) is 5.02 Å². The lowest BCUT2D eigenvalue weighted by atomic mass is 9.99. The molecule has 0 aromatic heterocycles. The third-order valence-electron chi connectivity index (χ3n) is 4.35. The number of anilines is 1. The van der Waals surface area contributed by atoms with Gasteiger partial charge in [0.2, 0.25) is 0 Å². The van der Waals surface area contributed by atoms with Crippen LogP contribution in [0.25, 0.3) is 0 Å². The molecule has 2 aromatic carbocycles. The zero-order valence-electron chi connectivity index (χ0n) is 16.7. The zero-order valence-corrected chi connectivity index (χ0v) is 17.5. The first kappa shape index (κ1) is 23.0. The molecule has 0 aliphatic heterocycles. The van der Waals surface area contributed by atoms with Gasteiger partial charge in [-0.1, -0.05) is 29.3 Å². The molecule has 0 saturated carbocycles. The van der Waals surface area contributed by atoms with Crippen molar-refractivity contribution in [1.29, 1.82) is 0 Å². The number of halogens is 1. The van der Waals surface area contributed by atoms with Gasteiger partial charge in [-0.25, -0.2) is 0 Å². The van der Waals surface area contributed by atoms with Crippen LogP contribution in [0.5, 0.6) is 0 Å². The Hall–Kier alpha value is -3.26. The first-order chi connectivity index (χ1) is 14.1. The molecule has 0 bridgehead atoms. The fraction of sp³-hybridized carbons (Fsp3) is 0.286. The predicted molar refractivity (Wildman–Crippen MR) is 112 cm³/mol. The number of nitrogens with one attached hydrogen (secondary N) is 1. The highest BCUT2D eigenvalue weighted by atomic mass is 35.5. The highest BCUT2D eigenvalue weighted by Crippen LogP contribution is 2.27. The molecule has 158 valence electrons. The number of ketones is 1. The molecule has 9 heteroatoms. The van der Waals surface area contributed by atoms with E-state index in [1.54, 1.807) is 6.07 Å². The Bertz CT molecular complexity index is 1000. The molecule has 1 N–H and O–H groups in total. The molecule has 0 heterocycles. The van der Waals surface area contributed by atoms with E-state index in [4.69, 9.17) is 16.3 Å². The lowest BCUT2D eigenvalue weighted by molar-refractivity contribution is -0.384. The number of carbonyl (C=O) groups excluding carboxylic acids is 3. The molecule has 0 aliphatic rings. The van der Waals surface area contributed by atoms with Crippen LogP contribution in [0.15, 0.2) is 36.4 Å². The molecule has 1 amide bonds. The number of Topliss-reactive ketones (excluding diaryl/α,β-unsaturated/α-hetero) is 1. The van der Waals surface area contributed by atoms with E-state index >= 15 is 0 Å². The number of nitro groups is 1. The maximum absolute atomic E-state index is 12.4. The number of ether oxygens (including phenoxy) is 1. The SMILES string of the molecule is Cc1ccc(C)c(C(=O)CCC(=O)OC(C)C(=O)Nc2cc([N+](=O)[O-])ccc2Cl)c1. The van der Waals surface area contributed by atoms with E-state index in [0.29, 0.717) is 5.56 Å². The Morgan fingerprint density at radius 3 is 2.50 bits per heavy atom. The van der Waals surface area contributed by atoms with Crippen molar-refractivity contribution in [3.05, 3.63) is 68.2 Å². The van der Waals surface area contributed by atoms with Crippen molar-refractivity contribution in [1.82, 2.24) is 0 Å². The number of nitrogens with zero attached hydrogens (tertiary/aromatic N) is 1. The second kappa shape index (κ2) is 9.98. The molecular weight excluding hydrogens is 412 g/mol. The Morgan fingerprint density at radius 2 is 1.83 bits per heavy atom. The van der Waals surface area contributed by atoms with Crippen molar-refractivity contribution in [2.24, 2.45) is 0 Å². The lowest BCUT2D eigenvalue weighted by Gasteiger charge is -2.14. The average molecular weight is 433 g/mol. The van der Waals surface area contributed by atoms with Crippen LogP contribution in [-0.2, 0) is 14.3 Å². The quantitative estimate of drug-likeness (QED) is 0.286. The van der Waals surface area contributed by atoms with Gasteiger partial charge in [0.25, 0.3) is 11.6 Å². The Balaban J connectivity index is 1.91. The number of benzene rings is 2. The van der Waals surface area contributed by atoms with Crippen molar-refractivity contribution in [2.75, 3.05) is 5.32 Å². The van der Waals surface area contributed by atoms with Gasteiger partial charge in [0.15, 0.2) is 11.9 Å². The zero-order chi connectivity index (χ0) is 22.4. The minimum absolute atomic E-state index is 0.0314. The summed E-state index contributed by atoms with van der Waals surface area (Å²) in [7, 11) is 0. The van der Waals surface area contributed by atoms with E-state index in [1.165, 1.54) is 19.1 Å². The highest BCUT2D eigenvalue weighted by Gasteiger charge is 2.21. The van der Waals surface area contributed by atoms with Gasteiger partial charge in [0.1, 0.15) is 0 Å². The largest absolute Gasteiger partial charge is 0.453 e. The van der Waals surface area contributed by atoms with Crippen LogP contribution >= 0.6 is 11.6 Å². The standard InChI is InChI=1S/C21H21ClN2O6/c1-12-4-5-13(2)16(10-12)19(25)8-9-20(26)30-14(3)21(27)23-18-11-15(24(28)29)6-7-17(18)22/h4-7,10-11,14H,8-9H2,1-3H3,(H,23,27). The lowest BCUT2D eigenvalue weighted by Crippen LogP contribution is -2.30. The summed E-state index contributed by atoms with van der Waals surface area (Å²) in [6.07, 6.45) is -1.40. The Morgan fingerprint density at radius 1 is 1.13 bits per heavy atom. The number of rotatable bonds is 8. The fourth-order valence-electron chi connectivity index (χ4n) is 2.65. The first-order valence-corrected chi connectivity index (χ1v) is 9.51. The molecule has 1 unspecified atom stereocenters. The molecule has 0 fully saturated rings. The number of amides is 1.